The number of carboxylic acids is 1. The molecule has 0 aliphatic heterocycles. The molecule has 3 rings (SSSR count). The molecule has 0 radical (unpaired) electrons. The zero-order chi connectivity index (χ0) is 15.0. The highest BCUT2D eigenvalue weighted by Crippen LogP contribution is 2.28. The molecule has 1 heterocycles. The van der Waals surface area contributed by atoms with Gasteiger partial charge in [0, 0.05) is 5.69 Å². The first kappa shape index (κ1) is 13.4. The van der Waals surface area contributed by atoms with Gasteiger partial charge in [0.25, 0.3) is 0 Å². The third-order valence-electron chi connectivity index (χ3n) is 2.89. The van der Waals surface area contributed by atoms with Crippen molar-refractivity contribution in [1.29, 1.82) is 0 Å². The highest BCUT2D eigenvalue weighted by atomic mass is 32.1. The number of hydrogen-bond acceptors (Lipinski definition) is 4. The standard InChI is InChI=1S/C14H8F2N2O2S/c15-9-3-7(14(19)20)4-10(16)13(9)18-8-1-2-11-12(5-8)21-6-17-11/h1-6,18H,(H,19,20). The first-order valence-electron chi connectivity index (χ1n) is 5.87. The number of hydrogen-bond donors (Lipinski definition) is 2. The van der Waals surface area contributed by atoms with E-state index in [2.05, 4.69) is 10.3 Å². The van der Waals surface area contributed by atoms with Gasteiger partial charge in [-0.25, -0.2) is 18.6 Å². The Kier molecular flexibility index (Phi) is 3.26. The minimum atomic E-state index is -1.38. The summed E-state index contributed by atoms with van der Waals surface area (Å²) in [5.74, 6) is -3.31. The van der Waals surface area contributed by atoms with Crippen LogP contribution in [0, 0.1) is 11.6 Å². The maximum atomic E-state index is 13.8. The van der Waals surface area contributed by atoms with E-state index < -0.39 is 23.2 Å². The Labute approximate surface area is 121 Å². The van der Waals surface area contributed by atoms with Crippen molar-refractivity contribution in [1.82, 2.24) is 4.98 Å². The van der Waals surface area contributed by atoms with Crippen LogP contribution in [0.4, 0.5) is 20.2 Å². The van der Waals surface area contributed by atoms with E-state index in [1.807, 2.05) is 0 Å². The molecule has 0 unspecified atom stereocenters. The van der Waals surface area contributed by atoms with E-state index in [9.17, 15) is 13.6 Å². The van der Waals surface area contributed by atoms with E-state index in [0.717, 1.165) is 22.3 Å². The molecule has 4 nitrogen and oxygen atoms in total. The van der Waals surface area contributed by atoms with E-state index in [0.29, 0.717) is 5.69 Å². The number of aromatic nitrogens is 1. The average molecular weight is 306 g/mol. The second kappa shape index (κ2) is 5.10. The number of aromatic carboxylic acids is 1. The summed E-state index contributed by atoms with van der Waals surface area (Å²) in [6, 6.07) is 6.65. The summed E-state index contributed by atoms with van der Waals surface area (Å²) in [6.07, 6.45) is 0. The van der Waals surface area contributed by atoms with Crippen LogP contribution in [0.5, 0.6) is 0 Å². The number of nitrogens with one attached hydrogen (secondary N) is 1. The Bertz CT molecular complexity index is 825. The quantitative estimate of drug-likeness (QED) is 0.767. The molecule has 0 spiro atoms. The molecule has 0 bridgehead atoms. The Morgan fingerprint density at radius 1 is 1.19 bits per heavy atom. The van der Waals surface area contributed by atoms with Gasteiger partial charge in [-0.1, -0.05) is 0 Å². The topological polar surface area (TPSA) is 62.2 Å². The second-order valence-electron chi connectivity index (χ2n) is 4.28. The fourth-order valence-corrected chi connectivity index (χ4v) is 2.61. The van der Waals surface area contributed by atoms with Crippen LogP contribution < -0.4 is 5.32 Å². The number of nitrogens with zero attached hydrogens (tertiary/aromatic N) is 1. The van der Waals surface area contributed by atoms with Gasteiger partial charge in [-0.15, -0.1) is 11.3 Å². The molecule has 3 aromatic rings. The normalized spacial score (nSPS) is 10.8. The van der Waals surface area contributed by atoms with E-state index in [-0.39, 0.29) is 5.69 Å². The Hall–Kier alpha value is -2.54. The summed E-state index contributed by atoms with van der Waals surface area (Å²) in [6.45, 7) is 0. The molecule has 7 heteroatoms. The molecule has 2 aromatic carbocycles. The van der Waals surface area contributed by atoms with Crippen molar-refractivity contribution >= 4 is 38.9 Å². The lowest BCUT2D eigenvalue weighted by Crippen LogP contribution is -2.03. The van der Waals surface area contributed by atoms with Crippen molar-refractivity contribution < 1.29 is 18.7 Å². The van der Waals surface area contributed by atoms with Gasteiger partial charge in [0.15, 0.2) is 11.6 Å². The number of benzene rings is 2. The number of carboxylic acid groups (broad SMARTS) is 1. The molecule has 1 aromatic heterocycles. The largest absolute Gasteiger partial charge is 0.478 e. The molecule has 0 saturated heterocycles. The number of thiazole rings is 1. The smallest absolute Gasteiger partial charge is 0.335 e. The molecular formula is C14H8F2N2O2S. The van der Waals surface area contributed by atoms with Crippen LogP contribution in [0.3, 0.4) is 0 Å². The van der Waals surface area contributed by atoms with Crippen molar-refractivity contribution in [2.45, 2.75) is 0 Å². The maximum absolute atomic E-state index is 13.8. The van der Waals surface area contributed by atoms with Gasteiger partial charge in [-0.05, 0) is 30.3 Å². The molecule has 2 N–H and O–H groups in total. The van der Waals surface area contributed by atoms with Crippen molar-refractivity contribution in [2.24, 2.45) is 0 Å². The molecule has 0 saturated carbocycles. The number of carbonyl (C=O) groups is 1. The SMILES string of the molecule is O=C(O)c1cc(F)c(Nc2ccc3ncsc3c2)c(F)c1. The molecule has 0 atom stereocenters. The molecule has 21 heavy (non-hydrogen) atoms. The number of rotatable bonds is 3. The van der Waals surface area contributed by atoms with Crippen LogP contribution in [0.2, 0.25) is 0 Å². The van der Waals surface area contributed by atoms with Crippen molar-refractivity contribution in [3.05, 3.63) is 53.0 Å². The summed E-state index contributed by atoms with van der Waals surface area (Å²) in [7, 11) is 0. The van der Waals surface area contributed by atoms with Crippen molar-refractivity contribution in [3.8, 4) is 0 Å². The third-order valence-corrected chi connectivity index (χ3v) is 3.68. The molecule has 0 amide bonds. The lowest BCUT2D eigenvalue weighted by molar-refractivity contribution is 0.0696. The van der Waals surface area contributed by atoms with Crippen molar-refractivity contribution in [2.75, 3.05) is 5.32 Å². The van der Waals surface area contributed by atoms with Gasteiger partial charge in [0.2, 0.25) is 0 Å². The number of anilines is 2. The van der Waals surface area contributed by atoms with Crippen LogP contribution >= 0.6 is 11.3 Å². The minimum Gasteiger partial charge on any atom is -0.478 e. The number of fused-ring (bicyclic) bond motifs is 1. The monoisotopic (exact) mass is 306 g/mol. The van der Waals surface area contributed by atoms with Gasteiger partial charge < -0.3 is 10.4 Å². The van der Waals surface area contributed by atoms with Crippen molar-refractivity contribution in [3.63, 3.8) is 0 Å². The summed E-state index contributed by atoms with van der Waals surface area (Å²) >= 11 is 1.41. The fraction of sp³-hybridized carbons (Fsp3) is 0. The van der Waals surface area contributed by atoms with Gasteiger partial charge in [0.1, 0.15) is 5.69 Å². The summed E-state index contributed by atoms with van der Waals surface area (Å²) < 4.78 is 28.5. The fourth-order valence-electron chi connectivity index (χ4n) is 1.89. The summed E-state index contributed by atoms with van der Waals surface area (Å²) in [5.41, 5.74) is 2.15. The highest BCUT2D eigenvalue weighted by Gasteiger charge is 2.15. The Morgan fingerprint density at radius 2 is 1.90 bits per heavy atom. The first-order chi connectivity index (χ1) is 10.0. The first-order valence-corrected chi connectivity index (χ1v) is 6.75. The molecule has 0 fully saturated rings. The van der Waals surface area contributed by atoms with E-state index in [1.165, 1.54) is 11.3 Å². The zero-order valence-electron chi connectivity index (χ0n) is 10.4. The number of halogens is 2. The second-order valence-corrected chi connectivity index (χ2v) is 5.17. The third kappa shape index (κ3) is 2.55. The van der Waals surface area contributed by atoms with Crippen LogP contribution in [0.25, 0.3) is 10.2 Å². The zero-order valence-corrected chi connectivity index (χ0v) is 11.2. The molecule has 0 aliphatic rings. The predicted octanol–water partition coefficient (Wildman–Crippen LogP) is 4.02. The molecule has 106 valence electrons. The minimum absolute atomic E-state index is 0.385. The predicted molar refractivity (Wildman–Crippen MR) is 76.2 cm³/mol. The van der Waals surface area contributed by atoms with Crippen LogP contribution in [0.15, 0.2) is 35.8 Å². The van der Waals surface area contributed by atoms with E-state index in [4.69, 9.17) is 5.11 Å². The van der Waals surface area contributed by atoms with E-state index >= 15 is 0 Å². The van der Waals surface area contributed by atoms with Crippen LogP contribution in [0.1, 0.15) is 10.4 Å². The van der Waals surface area contributed by atoms with Crippen LogP contribution in [-0.2, 0) is 0 Å². The van der Waals surface area contributed by atoms with Gasteiger partial charge in [-0.3, -0.25) is 0 Å². The van der Waals surface area contributed by atoms with Gasteiger partial charge in [0.05, 0.1) is 21.3 Å². The van der Waals surface area contributed by atoms with E-state index in [1.54, 1.807) is 23.7 Å². The summed E-state index contributed by atoms with van der Waals surface area (Å²) in [5, 5.41) is 11.4. The Morgan fingerprint density at radius 3 is 2.57 bits per heavy atom. The summed E-state index contributed by atoms with van der Waals surface area (Å²) in [4.78, 5) is 14.8. The average Bonchev–Trinajstić information content (AvgIpc) is 2.90. The van der Waals surface area contributed by atoms with Gasteiger partial charge >= 0.3 is 5.97 Å². The molecule has 0 aliphatic carbocycles. The molecular weight excluding hydrogens is 298 g/mol. The lowest BCUT2D eigenvalue weighted by atomic mass is 10.1. The van der Waals surface area contributed by atoms with Gasteiger partial charge in [-0.2, -0.15) is 0 Å². The van der Waals surface area contributed by atoms with Crippen LogP contribution in [-0.4, -0.2) is 16.1 Å². The Balaban J connectivity index is 1.99. The lowest BCUT2D eigenvalue weighted by Gasteiger charge is -2.09. The highest BCUT2D eigenvalue weighted by molar-refractivity contribution is 7.16. The maximum Gasteiger partial charge on any atom is 0.335 e.